The lowest BCUT2D eigenvalue weighted by Crippen LogP contribution is -2.04. The van der Waals surface area contributed by atoms with Crippen LogP contribution in [0.4, 0.5) is 0 Å². The SMILES string of the molecule is [CH2]CCc1c(OCCCCCCCCCCCCCCCCCCCCCCCCCCCC)cccc1OCCCCCCCCCCCCCCCCCCCCCCCCCCCC. The van der Waals surface area contributed by atoms with Gasteiger partial charge in [0.2, 0.25) is 0 Å². The zero-order chi connectivity index (χ0) is 47.9. The molecule has 67 heavy (non-hydrogen) atoms. The molecule has 2 heteroatoms. The summed E-state index contributed by atoms with van der Waals surface area (Å²) in [5.74, 6) is 2.04. The third-order valence-corrected chi connectivity index (χ3v) is 15.0. The molecule has 1 rings (SSSR count). The summed E-state index contributed by atoms with van der Waals surface area (Å²) in [5.41, 5.74) is 1.22. The van der Waals surface area contributed by atoms with Crippen LogP contribution in [-0.4, -0.2) is 13.2 Å². The second kappa shape index (κ2) is 55.7. The number of hydrogen-bond acceptors (Lipinski definition) is 2. The topological polar surface area (TPSA) is 18.5 Å². The normalized spacial score (nSPS) is 11.6. The fraction of sp³-hybridized carbons (Fsp3) is 0.892. The van der Waals surface area contributed by atoms with Crippen molar-refractivity contribution >= 4 is 0 Å². The molecule has 0 unspecified atom stereocenters. The van der Waals surface area contributed by atoms with Crippen molar-refractivity contribution in [3.63, 3.8) is 0 Å². The monoisotopic (exact) mass is 936 g/mol. The van der Waals surface area contributed by atoms with E-state index in [2.05, 4.69) is 39.0 Å². The standard InChI is InChI=1S/C65H123O2/c1-4-7-9-11-13-15-17-19-21-23-25-27-29-31-33-35-37-39-41-43-45-47-49-51-53-55-61-66-64-59-57-60-65(63(64)58-6-3)67-62-56-54-52-50-48-46-44-42-40-38-36-34-32-30-28-26-24-22-20-18-16-14-12-10-8-5-2/h57,59-60H,3-56,58,61-62H2,1-2H3. The van der Waals surface area contributed by atoms with Crippen molar-refractivity contribution in [1.82, 2.24) is 0 Å². The van der Waals surface area contributed by atoms with Gasteiger partial charge in [0.15, 0.2) is 0 Å². The zero-order valence-electron chi connectivity index (χ0n) is 46.4. The van der Waals surface area contributed by atoms with Crippen LogP contribution >= 0.6 is 0 Å². The first-order valence-electron chi connectivity index (χ1n) is 31.5. The molecular weight excluding hydrogens is 813 g/mol. The first-order chi connectivity index (χ1) is 33.3. The summed E-state index contributed by atoms with van der Waals surface area (Å²) in [4.78, 5) is 0. The molecular formula is C65H123O2. The molecule has 0 saturated carbocycles. The maximum Gasteiger partial charge on any atom is 0.126 e. The molecule has 0 heterocycles. The van der Waals surface area contributed by atoms with E-state index in [0.29, 0.717) is 0 Å². The van der Waals surface area contributed by atoms with Crippen LogP contribution in [0.1, 0.15) is 360 Å². The van der Waals surface area contributed by atoms with Crippen molar-refractivity contribution in [2.75, 3.05) is 13.2 Å². The summed E-state index contributed by atoms with van der Waals surface area (Å²) >= 11 is 0. The molecule has 1 radical (unpaired) electrons. The Balaban J connectivity index is 1.87. The lowest BCUT2D eigenvalue weighted by atomic mass is 10.0. The number of ether oxygens (including phenoxy) is 2. The quantitative estimate of drug-likeness (QED) is 0.0606. The van der Waals surface area contributed by atoms with E-state index < -0.39 is 0 Å². The molecule has 0 aliphatic rings. The minimum atomic E-state index is 0.812. The van der Waals surface area contributed by atoms with Gasteiger partial charge < -0.3 is 9.47 Å². The van der Waals surface area contributed by atoms with Crippen LogP contribution in [-0.2, 0) is 6.42 Å². The molecule has 0 amide bonds. The highest BCUT2D eigenvalue weighted by Crippen LogP contribution is 2.31. The number of unbranched alkanes of at least 4 members (excludes halogenated alkanes) is 50. The summed E-state index contributed by atoms with van der Waals surface area (Å²) < 4.78 is 12.7. The minimum absolute atomic E-state index is 0.812. The van der Waals surface area contributed by atoms with Gasteiger partial charge in [-0.15, -0.1) is 0 Å². The Kier molecular flexibility index (Phi) is 53.1. The van der Waals surface area contributed by atoms with Crippen molar-refractivity contribution in [2.24, 2.45) is 0 Å². The Morgan fingerprint density at radius 2 is 0.448 bits per heavy atom. The predicted octanol–water partition coefficient (Wildman–Crippen LogP) is 23.5. The lowest BCUT2D eigenvalue weighted by molar-refractivity contribution is 0.284. The molecule has 2 nitrogen and oxygen atoms in total. The molecule has 0 spiro atoms. The van der Waals surface area contributed by atoms with Gasteiger partial charge in [-0.1, -0.05) is 348 Å². The molecule has 1 aromatic carbocycles. The van der Waals surface area contributed by atoms with Gasteiger partial charge in [0.05, 0.1) is 13.2 Å². The molecule has 0 aliphatic heterocycles. The fourth-order valence-corrected chi connectivity index (χ4v) is 10.4. The third kappa shape index (κ3) is 46.9. The summed E-state index contributed by atoms with van der Waals surface area (Å²) in [6, 6.07) is 6.39. The van der Waals surface area contributed by atoms with Crippen LogP contribution in [0.2, 0.25) is 0 Å². The highest BCUT2D eigenvalue weighted by molar-refractivity contribution is 5.45. The van der Waals surface area contributed by atoms with Gasteiger partial charge in [-0.05, 0) is 37.8 Å². The van der Waals surface area contributed by atoms with Crippen molar-refractivity contribution < 1.29 is 9.47 Å². The fourth-order valence-electron chi connectivity index (χ4n) is 10.4. The Bertz CT molecular complexity index is 973. The summed E-state index contributed by atoms with van der Waals surface area (Å²) in [6.45, 7) is 10.4. The van der Waals surface area contributed by atoms with E-state index in [-0.39, 0.29) is 0 Å². The molecule has 0 fully saturated rings. The van der Waals surface area contributed by atoms with Gasteiger partial charge in [-0.2, -0.15) is 0 Å². The number of benzene rings is 1. The molecule has 0 atom stereocenters. The highest BCUT2D eigenvalue weighted by Gasteiger charge is 2.11. The number of hydrogen-bond donors (Lipinski definition) is 0. The molecule has 0 aliphatic carbocycles. The highest BCUT2D eigenvalue weighted by atomic mass is 16.5. The zero-order valence-corrected chi connectivity index (χ0v) is 46.4. The van der Waals surface area contributed by atoms with E-state index >= 15 is 0 Å². The van der Waals surface area contributed by atoms with Crippen LogP contribution in [0.15, 0.2) is 18.2 Å². The van der Waals surface area contributed by atoms with E-state index in [1.807, 2.05) is 0 Å². The van der Waals surface area contributed by atoms with E-state index in [0.717, 1.165) is 50.4 Å². The largest absolute Gasteiger partial charge is 0.493 e. The minimum Gasteiger partial charge on any atom is -0.493 e. The molecule has 1 aromatic rings. The third-order valence-electron chi connectivity index (χ3n) is 15.0. The Morgan fingerprint density at radius 3 is 0.627 bits per heavy atom. The molecule has 0 aromatic heterocycles. The smallest absolute Gasteiger partial charge is 0.126 e. The van der Waals surface area contributed by atoms with Gasteiger partial charge >= 0.3 is 0 Å². The van der Waals surface area contributed by atoms with Gasteiger partial charge in [0.1, 0.15) is 11.5 Å². The Labute approximate surface area is 423 Å². The second-order valence-electron chi connectivity index (χ2n) is 21.7. The predicted molar refractivity (Wildman–Crippen MR) is 303 cm³/mol. The first-order valence-corrected chi connectivity index (χ1v) is 31.5. The summed E-state index contributed by atoms with van der Waals surface area (Å²) in [6.07, 6.45) is 76.3. The molecule has 395 valence electrons. The second-order valence-corrected chi connectivity index (χ2v) is 21.7. The molecule has 0 saturated heterocycles. The summed E-state index contributed by atoms with van der Waals surface area (Å²) in [5, 5.41) is 0. The Morgan fingerprint density at radius 1 is 0.269 bits per heavy atom. The average molecular weight is 937 g/mol. The van der Waals surface area contributed by atoms with Gasteiger partial charge in [0.25, 0.3) is 0 Å². The number of rotatable bonds is 58. The molecule has 0 bridgehead atoms. The van der Waals surface area contributed by atoms with Crippen LogP contribution in [0.25, 0.3) is 0 Å². The Hall–Kier alpha value is -1.18. The maximum absolute atomic E-state index is 6.34. The van der Waals surface area contributed by atoms with Gasteiger partial charge in [0, 0.05) is 5.56 Å². The van der Waals surface area contributed by atoms with E-state index in [1.54, 1.807) is 0 Å². The van der Waals surface area contributed by atoms with Gasteiger partial charge in [-0.3, -0.25) is 0 Å². The van der Waals surface area contributed by atoms with E-state index in [9.17, 15) is 0 Å². The van der Waals surface area contributed by atoms with Crippen LogP contribution in [0.3, 0.4) is 0 Å². The van der Waals surface area contributed by atoms with Crippen molar-refractivity contribution in [3.05, 3.63) is 30.7 Å². The average Bonchev–Trinajstić information content (AvgIpc) is 3.34. The van der Waals surface area contributed by atoms with Crippen LogP contribution in [0.5, 0.6) is 11.5 Å². The van der Waals surface area contributed by atoms with Crippen molar-refractivity contribution in [2.45, 2.75) is 361 Å². The lowest BCUT2D eigenvalue weighted by Gasteiger charge is -2.16. The summed E-state index contributed by atoms with van der Waals surface area (Å²) in [7, 11) is 0. The van der Waals surface area contributed by atoms with E-state index in [4.69, 9.17) is 9.47 Å². The van der Waals surface area contributed by atoms with Crippen molar-refractivity contribution in [1.29, 1.82) is 0 Å². The van der Waals surface area contributed by atoms with Crippen LogP contribution in [0, 0.1) is 6.92 Å². The van der Waals surface area contributed by atoms with E-state index in [1.165, 1.54) is 327 Å². The maximum atomic E-state index is 6.34. The van der Waals surface area contributed by atoms with Crippen molar-refractivity contribution in [3.8, 4) is 11.5 Å². The molecule has 0 N–H and O–H groups in total. The van der Waals surface area contributed by atoms with Gasteiger partial charge in [-0.25, -0.2) is 0 Å². The first kappa shape index (κ1) is 63.8. The van der Waals surface area contributed by atoms with Crippen LogP contribution < -0.4 is 9.47 Å².